The monoisotopic (exact) mass is 166 g/mol. The van der Waals surface area contributed by atoms with E-state index in [1.165, 1.54) is 0 Å². The molecule has 0 spiro atoms. The topological polar surface area (TPSA) is 43.4 Å². The van der Waals surface area contributed by atoms with Gasteiger partial charge in [-0.3, -0.25) is 9.59 Å². The van der Waals surface area contributed by atoms with Gasteiger partial charge in [0.15, 0.2) is 0 Å². The summed E-state index contributed by atoms with van der Waals surface area (Å²) >= 11 is 0. The van der Waals surface area contributed by atoms with Crippen LogP contribution < -0.4 is 0 Å². The Balaban J connectivity index is 2.37. The third kappa shape index (κ3) is 0.661. The number of hydrogen-bond acceptors (Lipinski definition) is 3. The molecule has 1 heterocycles. The average Bonchev–Trinajstić information content (AvgIpc) is 2.23. The molecule has 3 heteroatoms. The van der Waals surface area contributed by atoms with Crippen LogP contribution in [0.15, 0.2) is 11.1 Å². The Kier molecular flexibility index (Phi) is 1.37. The van der Waals surface area contributed by atoms with E-state index in [2.05, 4.69) is 4.74 Å². The van der Waals surface area contributed by atoms with E-state index < -0.39 is 0 Å². The largest absolute Gasteiger partial charge is 0.392 e. The van der Waals surface area contributed by atoms with Gasteiger partial charge in [-0.25, -0.2) is 0 Å². The first kappa shape index (κ1) is 7.53. The predicted molar refractivity (Wildman–Crippen MR) is 41.1 cm³/mol. The summed E-state index contributed by atoms with van der Waals surface area (Å²) in [6, 6.07) is 0. The zero-order valence-electron chi connectivity index (χ0n) is 7.09. The van der Waals surface area contributed by atoms with Crippen molar-refractivity contribution in [3.63, 3.8) is 0 Å². The smallest absolute Gasteiger partial charge is 0.321 e. The minimum atomic E-state index is -0.361. The maximum absolute atomic E-state index is 11.1. The van der Waals surface area contributed by atoms with Crippen LogP contribution in [0.5, 0.6) is 0 Å². The molecular weight excluding hydrogens is 156 g/mol. The van der Waals surface area contributed by atoms with Crippen molar-refractivity contribution >= 4 is 11.9 Å². The normalized spacial score (nSPS) is 33.2. The SMILES string of the molecule is CCC1=C(C)C2C(=O)OC(=O)C12. The molecule has 2 atom stereocenters. The second kappa shape index (κ2) is 2.19. The maximum Gasteiger partial charge on any atom is 0.321 e. The average molecular weight is 166 g/mol. The zero-order chi connectivity index (χ0) is 8.88. The van der Waals surface area contributed by atoms with Crippen molar-refractivity contribution in [2.45, 2.75) is 20.3 Å². The van der Waals surface area contributed by atoms with Crippen molar-refractivity contribution in [1.82, 2.24) is 0 Å². The highest BCUT2D eigenvalue weighted by atomic mass is 16.6. The van der Waals surface area contributed by atoms with E-state index in [-0.39, 0.29) is 23.8 Å². The minimum Gasteiger partial charge on any atom is -0.392 e. The number of cyclic esters (lactones) is 2. The van der Waals surface area contributed by atoms with Crippen molar-refractivity contribution in [2.75, 3.05) is 0 Å². The number of hydrogen-bond donors (Lipinski definition) is 0. The van der Waals surface area contributed by atoms with Gasteiger partial charge in [0, 0.05) is 0 Å². The molecule has 1 aliphatic heterocycles. The summed E-state index contributed by atoms with van der Waals surface area (Å²) in [4.78, 5) is 22.1. The molecule has 1 saturated heterocycles. The van der Waals surface area contributed by atoms with Crippen molar-refractivity contribution in [2.24, 2.45) is 11.8 Å². The first-order chi connectivity index (χ1) is 5.66. The molecule has 64 valence electrons. The van der Waals surface area contributed by atoms with Crippen LogP contribution in [-0.4, -0.2) is 11.9 Å². The van der Waals surface area contributed by atoms with Gasteiger partial charge in [-0.05, 0) is 13.3 Å². The Hall–Kier alpha value is -1.12. The Morgan fingerprint density at radius 1 is 1.25 bits per heavy atom. The molecule has 1 fully saturated rings. The van der Waals surface area contributed by atoms with Crippen molar-refractivity contribution in [3.05, 3.63) is 11.1 Å². The fraction of sp³-hybridized carbons (Fsp3) is 0.556. The highest BCUT2D eigenvalue weighted by molar-refractivity contribution is 6.02. The van der Waals surface area contributed by atoms with Crippen molar-refractivity contribution < 1.29 is 14.3 Å². The highest BCUT2D eigenvalue weighted by Gasteiger charge is 2.53. The molecule has 12 heavy (non-hydrogen) atoms. The van der Waals surface area contributed by atoms with Crippen LogP contribution in [0.1, 0.15) is 20.3 Å². The van der Waals surface area contributed by atoms with Crippen molar-refractivity contribution in [1.29, 1.82) is 0 Å². The molecule has 0 amide bonds. The van der Waals surface area contributed by atoms with Crippen LogP contribution >= 0.6 is 0 Å². The maximum atomic E-state index is 11.1. The van der Waals surface area contributed by atoms with Crippen molar-refractivity contribution in [3.8, 4) is 0 Å². The summed E-state index contributed by atoms with van der Waals surface area (Å²) in [7, 11) is 0. The third-order valence-corrected chi connectivity index (χ3v) is 2.77. The summed E-state index contributed by atoms with van der Waals surface area (Å²) < 4.78 is 4.53. The van der Waals surface area contributed by atoms with E-state index >= 15 is 0 Å². The summed E-state index contributed by atoms with van der Waals surface area (Å²) in [6.45, 7) is 3.89. The molecule has 2 unspecified atom stereocenters. The molecule has 0 aromatic rings. The standard InChI is InChI=1S/C9H10O3/c1-3-5-4(2)6-7(5)9(11)12-8(6)10/h6-7H,3H2,1-2H3. The van der Waals surface area contributed by atoms with Crippen LogP contribution in [0, 0.1) is 11.8 Å². The van der Waals surface area contributed by atoms with E-state index in [1.54, 1.807) is 0 Å². The van der Waals surface area contributed by atoms with Gasteiger partial charge in [0.1, 0.15) is 0 Å². The van der Waals surface area contributed by atoms with Crippen LogP contribution in [-0.2, 0) is 14.3 Å². The molecule has 0 radical (unpaired) electrons. The molecule has 2 rings (SSSR count). The number of carbonyl (C=O) groups is 2. The lowest BCUT2D eigenvalue weighted by atomic mass is 9.69. The van der Waals surface area contributed by atoms with Gasteiger partial charge in [0.05, 0.1) is 11.8 Å². The quantitative estimate of drug-likeness (QED) is 0.332. The Morgan fingerprint density at radius 2 is 1.83 bits per heavy atom. The lowest BCUT2D eigenvalue weighted by Gasteiger charge is -2.29. The van der Waals surface area contributed by atoms with Crippen LogP contribution in [0.25, 0.3) is 0 Å². The predicted octanol–water partition coefficient (Wildman–Crippen LogP) is 1.04. The lowest BCUT2D eigenvalue weighted by Crippen LogP contribution is -2.31. The van der Waals surface area contributed by atoms with Crippen LogP contribution in [0.3, 0.4) is 0 Å². The molecule has 0 saturated carbocycles. The van der Waals surface area contributed by atoms with Gasteiger partial charge in [0.25, 0.3) is 0 Å². The van der Waals surface area contributed by atoms with Gasteiger partial charge in [-0.2, -0.15) is 0 Å². The first-order valence-electron chi connectivity index (χ1n) is 4.12. The Morgan fingerprint density at radius 3 is 2.42 bits per heavy atom. The fourth-order valence-electron chi connectivity index (χ4n) is 2.12. The fourth-order valence-corrected chi connectivity index (χ4v) is 2.12. The minimum absolute atomic E-state index is 0.234. The second-order valence-corrected chi connectivity index (χ2v) is 3.26. The summed E-state index contributed by atoms with van der Waals surface area (Å²) in [5.41, 5.74) is 2.13. The number of fused-ring (bicyclic) bond motifs is 1. The number of carbonyl (C=O) groups excluding carboxylic acids is 2. The van der Waals surface area contributed by atoms with Gasteiger partial charge < -0.3 is 4.74 Å². The number of ether oxygens (including phenoxy) is 1. The van der Waals surface area contributed by atoms with E-state index in [0.717, 1.165) is 17.6 Å². The summed E-state index contributed by atoms with van der Waals surface area (Å²) in [6.07, 6.45) is 0.843. The molecule has 2 aliphatic rings. The van der Waals surface area contributed by atoms with Gasteiger partial charge >= 0.3 is 11.9 Å². The Bertz CT molecular complexity index is 301. The second-order valence-electron chi connectivity index (χ2n) is 3.26. The van der Waals surface area contributed by atoms with Gasteiger partial charge in [0.2, 0.25) is 0 Å². The van der Waals surface area contributed by atoms with E-state index in [9.17, 15) is 9.59 Å². The van der Waals surface area contributed by atoms with Crippen LogP contribution in [0.4, 0.5) is 0 Å². The van der Waals surface area contributed by atoms with Gasteiger partial charge in [-0.15, -0.1) is 0 Å². The first-order valence-corrected chi connectivity index (χ1v) is 4.12. The van der Waals surface area contributed by atoms with Crippen LogP contribution in [0.2, 0.25) is 0 Å². The summed E-state index contributed by atoms with van der Waals surface area (Å²) in [5, 5.41) is 0. The molecule has 3 nitrogen and oxygen atoms in total. The number of esters is 2. The Labute approximate surface area is 70.4 Å². The van der Waals surface area contributed by atoms with Gasteiger partial charge in [-0.1, -0.05) is 18.1 Å². The number of rotatable bonds is 1. The zero-order valence-corrected chi connectivity index (χ0v) is 7.09. The molecule has 0 bridgehead atoms. The molecule has 1 aliphatic carbocycles. The highest BCUT2D eigenvalue weighted by Crippen LogP contribution is 2.47. The molecule has 0 N–H and O–H groups in total. The third-order valence-electron chi connectivity index (χ3n) is 2.77. The molecule has 0 aromatic carbocycles. The molecular formula is C9H10O3. The lowest BCUT2D eigenvalue weighted by molar-refractivity contribution is -0.153. The summed E-state index contributed by atoms with van der Waals surface area (Å²) in [5.74, 6) is -1.19. The van der Waals surface area contributed by atoms with E-state index in [0.29, 0.717) is 0 Å². The van der Waals surface area contributed by atoms with E-state index in [4.69, 9.17) is 0 Å². The molecule has 0 aromatic heterocycles. The van der Waals surface area contributed by atoms with E-state index in [1.807, 2.05) is 13.8 Å².